The molecular weight excluding hydrogens is 160 g/mol. The van der Waals surface area contributed by atoms with E-state index in [-0.39, 0.29) is 17.6 Å². The number of hydrogen-bond acceptors (Lipinski definition) is 1. The molecule has 0 aromatic carbocycles. The molecule has 0 amide bonds. The van der Waals surface area contributed by atoms with Gasteiger partial charge in [0.05, 0.1) is 8.31 Å². The highest BCUT2D eigenvalue weighted by atomic mass is 29.5. The highest BCUT2D eigenvalue weighted by Crippen LogP contribution is 2.04. The maximum atomic E-state index is 5.44. The molecule has 0 bridgehead atoms. The standard InChI is InChI=1S/C5H14OSi3/c1-5(2)9-4-3-6-7-8-9/h9H,1,3-4,7-8H2,2H3. The number of allylic oxidation sites excluding steroid dienone is 1. The minimum atomic E-state index is -0.318. The van der Waals surface area contributed by atoms with Crippen molar-refractivity contribution in [2.24, 2.45) is 0 Å². The summed E-state index contributed by atoms with van der Waals surface area (Å²) in [4.78, 5) is 0. The van der Waals surface area contributed by atoms with E-state index in [0.717, 1.165) is 6.61 Å². The fraction of sp³-hybridized carbons (Fsp3) is 0.600. The SMILES string of the molecule is C=C(C)[SiH]1CCO[SiH2][SiH2]1. The Balaban J connectivity index is 2.31. The van der Waals surface area contributed by atoms with E-state index in [1.54, 1.807) is 5.20 Å². The molecule has 52 valence electrons. The minimum absolute atomic E-state index is 0.0580. The van der Waals surface area contributed by atoms with Crippen LogP contribution in [0.5, 0.6) is 0 Å². The molecule has 0 saturated carbocycles. The van der Waals surface area contributed by atoms with Gasteiger partial charge in [0, 0.05) is 15.2 Å². The molecule has 1 atom stereocenters. The van der Waals surface area contributed by atoms with Crippen LogP contribution in [-0.4, -0.2) is 32.8 Å². The molecule has 9 heavy (non-hydrogen) atoms. The Morgan fingerprint density at radius 3 is 2.89 bits per heavy atom. The molecule has 1 aliphatic rings. The van der Waals surface area contributed by atoms with Crippen LogP contribution in [0.25, 0.3) is 0 Å². The lowest BCUT2D eigenvalue weighted by atomic mass is 10.8. The summed E-state index contributed by atoms with van der Waals surface area (Å²) in [7, 11) is 0.0708. The first-order valence-electron chi connectivity index (χ1n) is 3.54. The number of rotatable bonds is 1. The zero-order valence-corrected chi connectivity index (χ0v) is 10.0. The molecule has 0 aromatic heterocycles. The fourth-order valence-electron chi connectivity index (χ4n) is 1.19. The Bertz CT molecular complexity index is 109. The quantitative estimate of drug-likeness (QED) is 0.465. The van der Waals surface area contributed by atoms with Crippen LogP contribution >= 0.6 is 0 Å². The molecule has 0 spiro atoms. The monoisotopic (exact) mass is 174 g/mol. The summed E-state index contributed by atoms with van der Waals surface area (Å²) in [6, 6.07) is 1.41. The van der Waals surface area contributed by atoms with Gasteiger partial charge in [-0.05, 0) is 13.0 Å². The van der Waals surface area contributed by atoms with Crippen molar-refractivity contribution in [3.05, 3.63) is 11.8 Å². The molecule has 0 N–H and O–H groups in total. The van der Waals surface area contributed by atoms with Gasteiger partial charge in [-0.2, -0.15) is 0 Å². The van der Waals surface area contributed by atoms with Gasteiger partial charge in [0.25, 0.3) is 0 Å². The van der Waals surface area contributed by atoms with Crippen molar-refractivity contribution in [2.45, 2.75) is 13.0 Å². The van der Waals surface area contributed by atoms with Gasteiger partial charge in [-0.25, -0.2) is 0 Å². The van der Waals surface area contributed by atoms with E-state index in [9.17, 15) is 0 Å². The topological polar surface area (TPSA) is 9.23 Å². The first-order chi connectivity index (χ1) is 4.30. The third-order valence-electron chi connectivity index (χ3n) is 1.92. The van der Waals surface area contributed by atoms with Gasteiger partial charge in [0.1, 0.15) is 9.28 Å². The van der Waals surface area contributed by atoms with Crippen molar-refractivity contribution < 1.29 is 4.43 Å². The lowest BCUT2D eigenvalue weighted by molar-refractivity contribution is 0.367. The second-order valence-corrected chi connectivity index (χ2v) is 18.2. The highest BCUT2D eigenvalue weighted by molar-refractivity contribution is 7.37. The summed E-state index contributed by atoms with van der Waals surface area (Å²) in [5, 5.41) is 1.55. The molecule has 1 saturated heterocycles. The largest absolute Gasteiger partial charge is 0.428 e. The summed E-state index contributed by atoms with van der Waals surface area (Å²) in [6.07, 6.45) is 0. The van der Waals surface area contributed by atoms with Crippen molar-refractivity contribution in [3.8, 4) is 0 Å². The van der Waals surface area contributed by atoms with Gasteiger partial charge in [-0.1, -0.05) is 5.20 Å². The van der Waals surface area contributed by atoms with E-state index in [1.165, 1.54) is 6.04 Å². The van der Waals surface area contributed by atoms with Crippen LogP contribution in [-0.2, 0) is 4.43 Å². The van der Waals surface area contributed by atoms with Gasteiger partial charge in [-0.3, -0.25) is 0 Å². The molecule has 1 heterocycles. The smallest absolute Gasteiger partial charge is 0.141 e. The maximum absolute atomic E-state index is 5.44. The Hall–Kier alpha value is 0.351. The molecule has 0 aromatic rings. The van der Waals surface area contributed by atoms with Crippen LogP contribution in [0, 0.1) is 0 Å². The van der Waals surface area contributed by atoms with Crippen molar-refractivity contribution in [3.63, 3.8) is 0 Å². The first-order valence-corrected chi connectivity index (χ1v) is 12.8. The molecule has 1 aliphatic heterocycles. The van der Waals surface area contributed by atoms with Gasteiger partial charge in [0.2, 0.25) is 0 Å². The predicted molar refractivity (Wildman–Crippen MR) is 49.8 cm³/mol. The second-order valence-electron chi connectivity index (χ2n) is 2.73. The van der Waals surface area contributed by atoms with E-state index < -0.39 is 0 Å². The zero-order valence-electron chi connectivity index (χ0n) is 6.02. The van der Waals surface area contributed by atoms with Crippen LogP contribution in [0.4, 0.5) is 0 Å². The molecule has 1 unspecified atom stereocenters. The lowest BCUT2D eigenvalue weighted by Crippen LogP contribution is -2.36. The van der Waals surface area contributed by atoms with Crippen LogP contribution < -0.4 is 0 Å². The molecule has 4 heteroatoms. The van der Waals surface area contributed by atoms with Crippen molar-refractivity contribution in [1.82, 2.24) is 0 Å². The normalized spacial score (nSPS) is 33.2. The summed E-state index contributed by atoms with van der Waals surface area (Å²) in [6.45, 7) is 7.35. The predicted octanol–water partition coefficient (Wildman–Crippen LogP) is -0.977. The molecule has 0 radical (unpaired) electrons. The summed E-state index contributed by atoms with van der Waals surface area (Å²) in [5.41, 5.74) is 0. The summed E-state index contributed by atoms with van der Waals surface area (Å²) >= 11 is 0. The number of hydrogen-bond donors (Lipinski definition) is 0. The van der Waals surface area contributed by atoms with Gasteiger partial charge >= 0.3 is 0 Å². The fourth-order valence-corrected chi connectivity index (χ4v) is 20.0. The Labute approximate surface area is 62.4 Å². The minimum Gasteiger partial charge on any atom is -0.428 e. The highest BCUT2D eigenvalue weighted by Gasteiger charge is 2.15. The van der Waals surface area contributed by atoms with E-state index in [4.69, 9.17) is 4.43 Å². The Morgan fingerprint density at radius 2 is 2.56 bits per heavy atom. The maximum Gasteiger partial charge on any atom is 0.141 e. The molecule has 1 nitrogen and oxygen atoms in total. The van der Waals surface area contributed by atoms with Gasteiger partial charge in [0.15, 0.2) is 0 Å². The van der Waals surface area contributed by atoms with E-state index in [1.807, 2.05) is 0 Å². The van der Waals surface area contributed by atoms with Crippen LogP contribution in [0.2, 0.25) is 6.04 Å². The average molecular weight is 174 g/mol. The van der Waals surface area contributed by atoms with Crippen molar-refractivity contribution in [2.75, 3.05) is 6.61 Å². The van der Waals surface area contributed by atoms with E-state index in [0.29, 0.717) is 8.55 Å². The van der Waals surface area contributed by atoms with Crippen LogP contribution in [0.3, 0.4) is 0 Å². The third kappa shape index (κ3) is 2.21. The zero-order chi connectivity index (χ0) is 6.69. The Morgan fingerprint density at radius 1 is 1.78 bits per heavy atom. The van der Waals surface area contributed by atoms with Gasteiger partial charge in [-0.15, -0.1) is 6.58 Å². The van der Waals surface area contributed by atoms with E-state index in [2.05, 4.69) is 13.5 Å². The second kappa shape index (κ2) is 3.50. The van der Waals surface area contributed by atoms with E-state index >= 15 is 0 Å². The Kier molecular flexibility index (Phi) is 2.90. The van der Waals surface area contributed by atoms with Crippen LogP contribution in [0.1, 0.15) is 6.92 Å². The first kappa shape index (κ1) is 7.46. The average Bonchev–Trinajstić information content (AvgIpc) is 1.90. The molecule has 0 aliphatic carbocycles. The summed E-state index contributed by atoms with van der Waals surface area (Å²) in [5.74, 6) is 0. The third-order valence-corrected chi connectivity index (χ3v) is 21.1. The van der Waals surface area contributed by atoms with Crippen LogP contribution in [0.15, 0.2) is 11.8 Å². The molecular formula is C5H14OSi3. The molecule has 1 fully saturated rings. The van der Waals surface area contributed by atoms with Gasteiger partial charge < -0.3 is 4.43 Å². The molecule has 1 rings (SSSR count). The van der Waals surface area contributed by atoms with Crippen molar-refractivity contribution >= 4 is 26.1 Å². The summed E-state index contributed by atoms with van der Waals surface area (Å²) < 4.78 is 5.44. The van der Waals surface area contributed by atoms with Crippen molar-refractivity contribution in [1.29, 1.82) is 0 Å². The lowest BCUT2D eigenvalue weighted by Gasteiger charge is -2.19.